The molecule has 0 atom stereocenters. The normalized spacial score (nSPS) is 11.7. The minimum atomic E-state index is -0.715. The Kier molecular flexibility index (Phi) is 4.63. The van der Waals surface area contributed by atoms with Crippen molar-refractivity contribution in [2.45, 2.75) is 39.5 Å². The van der Waals surface area contributed by atoms with Gasteiger partial charge in [0.15, 0.2) is 11.6 Å². The molecule has 0 fully saturated rings. The second kappa shape index (κ2) is 6.26. The van der Waals surface area contributed by atoms with Crippen LogP contribution < -0.4 is 10.1 Å². The van der Waals surface area contributed by atoms with E-state index in [9.17, 15) is 8.78 Å². The van der Waals surface area contributed by atoms with Gasteiger partial charge < -0.3 is 14.5 Å². The molecule has 1 N–H and O–H groups in total. The predicted octanol–water partition coefficient (Wildman–Crippen LogP) is 4.02. The van der Waals surface area contributed by atoms with Gasteiger partial charge in [0.25, 0.3) is 0 Å². The maximum atomic E-state index is 13.5. The first-order chi connectivity index (χ1) is 9.85. The minimum Gasteiger partial charge on any atom is -0.486 e. The highest BCUT2D eigenvalue weighted by Gasteiger charge is 2.13. The first-order valence-corrected chi connectivity index (χ1v) is 6.73. The fraction of sp³-hybridized carbons (Fsp3) is 0.375. The fourth-order valence-electron chi connectivity index (χ4n) is 1.74. The van der Waals surface area contributed by atoms with Crippen LogP contribution in [0.5, 0.6) is 5.75 Å². The minimum absolute atomic E-state index is 0.0207. The van der Waals surface area contributed by atoms with Gasteiger partial charge in [-0.15, -0.1) is 0 Å². The number of halogens is 2. The zero-order valence-corrected chi connectivity index (χ0v) is 12.4. The van der Waals surface area contributed by atoms with Crippen molar-refractivity contribution in [2.75, 3.05) is 0 Å². The third-order valence-electron chi connectivity index (χ3n) is 2.89. The number of hydrogen-bond acceptors (Lipinski definition) is 3. The Morgan fingerprint density at radius 1 is 1.19 bits per heavy atom. The molecule has 1 aromatic carbocycles. The molecule has 0 radical (unpaired) electrons. The van der Waals surface area contributed by atoms with Gasteiger partial charge in [0.05, 0.1) is 12.8 Å². The molecule has 0 unspecified atom stereocenters. The van der Waals surface area contributed by atoms with Crippen LogP contribution in [0.15, 0.2) is 34.9 Å². The second-order valence-corrected chi connectivity index (χ2v) is 5.84. The SMILES string of the molecule is CC(C)(C)NCc1occc1COc1ccc(F)cc1F. The summed E-state index contributed by atoms with van der Waals surface area (Å²) < 4.78 is 37.1. The molecule has 0 amide bonds. The molecule has 2 aromatic rings. The van der Waals surface area contributed by atoms with Crippen LogP contribution in [0.1, 0.15) is 32.1 Å². The molecule has 1 aromatic heterocycles. The molecular weight excluding hydrogens is 276 g/mol. The van der Waals surface area contributed by atoms with Crippen LogP contribution in [-0.2, 0) is 13.2 Å². The lowest BCUT2D eigenvalue weighted by atomic mass is 10.1. The molecule has 1 heterocycles. The lowest BCUT2D eigenvalue weighted by molar-refractivity contribution is 0.284. The molecule has 21 heavy (non-hydrogen) atoms. The third kappa shape index (κ3) is 4.56. The van der Waals surface area contributed by atoms with Gasteiger partial charge in [-0.1, -0.05) is 0 Å². The fourth-order valence-corrected chi connectivity index (χ4v) is 1.74. The summed E-state index contributed by atoms with van der Waals surface area (Å²) in [5, 5.41) is 3.31. The number of ether oxygens (including phenoxy) is 1. The molecule has 114 valence electrons. The third-order valence-corrected chi connectivity index (χ3v) is 2.89. The molecule has 3 nitrogen and oxygen atoms in total. The highest BCUT2D eigenvalue weighted by atomic mass is 19.1. The number of hydrogen-bond donors (Lipinski definition) is 1. The van der Waals surface area contributed by atoms with Crippen LogP contribution in [0.25, 0.3) is 0 Å². The highest BCUT2D eigenvalue weighted by molar-refractivity contribution is 5.25. The van der Waals surface area contributed by atoms with Gasteiger partial charge in [-0.05, 0) is 39.0 Å². The first-order valence-electron chi connectivity index (χ1n) is 6.73. The van der Waals surface area contributed by atoms with E-state index in [1.54, 1.807) is 12.3 Å². The van der Waals surface area contributed by atoms with Crippen molar-refractivity contribution in [3.05, 3.63) is 53.5 Å². The largest absolute Gasteiger partial charge is 0.486 e. The molecule has 0 bridgehead atoms. The Labute approximate surface area is 122 Å². The van der Waals surface area contributed by atoms with Crippen molar-refractivity contribution in [1.29, 1.82) is 0 Å². The topological polar surface area (TPSA) is 34.4 Å². The molecule has 2 rings (SSSR count). The number of nitrogens with one attached hydrogen (secondary N) is 1. The number of benzene rings is 1. The van der Waals surface area contributed by atoms with Crippen molar-refractivity contribution in [2.24, 2.45) is 0 Å². The Morgan fingerprint density at radius 2 is 1.95 bits per heavy atom. The smallest absolute Gasteiger partial charge is 0.167 e. The van der Waals surface area contributed by atoms with Gasteiger partial charge >= 0.3 is 0 Å². The van der Waals surface area contributed by atoms with Gasteiger partial charge in [0, 0.05) is 17.2 Å². The average molecular weight is 295 g/mol. The van der Waals surface area contributed by atoms with Crippen LogP contribution in [0, 0.1) is 11.6 Å². The zero-order valence-electron chi connectivity index (χ0n) is 12.4. The van der Waals surface area contributed by atoms with Crippen molar-refractivity contribution in [3.8, 4) is 5.75 Å². The molecule has 0 aliphatic rings. The van der Waals surface area contributed by atoms with E-state index in [-0.39, 0.29) is 17.9 Å². The molecule has 5 heteroatoms. The monoisotopic (exact) mass is 295 g/mol. The lowest BCUT2D eigenvalue weighted by Gasteiger charge is -2.20. The van der Waals surface area contributed by atoms with Crippen molar-refractivity contribution < 1.29 is 17.9 Å². The van der Waals surface area contributed by atoms with E-state index >= 15 is 0 Å². The van der Waals surface area contributed by atoms with Gasteiger partial charge in [0.2, 0.25) is 0 Å². The van der Waals surface area contributed by atoms with Crippen LogP contribution >= 0.6 is 0 Å². The van der Waals surface area contributed by atoms with E-state index in [1.165, 1.54) is 6.07 Å². The maximum absolute atomic E-state index is 13.5. The van der Waals surface area contributed by atoms with Crippen LogP contribution in [-0.4, -0.2) is 5.54 Å². The lowest BCUT2D eigenvalue weighted by Crippen LogP contribution is -2.35. The quantitative estimate of drug-likeness (QED) is 0.904. The summed E-state index contributed by atoms with van der Waals surface area (Å²) >= 11 is 0. The Balaban J connectivity index is 1.99. The van der Waals surface area contributed by atoms with Gasteiger partial charge in [0.1, 0.15) is 18.2 Å². The van der Waals surface area contributed by atoms with Crippen LogP contribution in [0.2, 0.25) is 0 Å². The Hall–Kier alpha value is -1.88. The molecule has 0 saturated carbocycles. The van der Waals surface area contributed by atoms with Gasteiger partial charge in [-0.25, -0.2) is 8.78 Å². The Morgan fingerprint density at radius 3 is 2.62 bits per heavy atom. The van der Waals surface area contributed by atoms with E-state index < -0.39 is 11.6 Å². The van der Waals surface area contributed by atoms with Crippen LogP contribution in [0.3, 0.4) is 0 Å². The van der Waals surface area contributed by atoms with E-state index in [1.807, 2.05) is 0 Å². The standard InChI is InChI=1S/C16H19F2NO2/c1-16(2,3)19-9-15-11(6-7-20-15)10-21-14-5-4-12(17)8-13(14)18/h4-8,19H,9-10H2,1-3H3. The summed E-state index contributed by atoms with van der Waals surface area (Å²) in [6.07, 6.45) is 1.57. The zero-order chi connectivity index (χ0) is 15.5. The first kappa shape index (κ1) is 15.5. The summed E-state index contributed by atoms with van der Waals surface area (Å²) in [4.78, 5) is 0. The second-order valence-electron chi connectivity index (χ2n) is 5.84. The van der Waals surface area contributed by atoms with Gasteiger partial charge in [-0.3, -0.25) is 0 Å². The molecule has 0 aliphatic carbocycles. The summed E-state index contributed by atoms with van der Waals surface area (Å²) in [6, 6.07) is 5.02. The highest BCUT2D eigenvalue weighted by Crippen LogP contribution is 2.20. The van der Waals surface area contributed by atoms with Crippen molar-refractivity contribution in [3.63, 3.8) is 0 Å². The number of rotatable bonds is 5. The molecule has 0 aliphatic heterocycles. The predicted molar refractivity (Wildman–Crippen MR) is 76.0 cm³/mol. The van der Waals surface area contributed by atoms with Crippen molar-refractivity contribution in [1.82, 2.24) is 5.32 Å². The van der Waals surface area contributed by atoms with E-state index in [2.05, 4.69) is 26.1 Å². The molecule has 0 saturated heterocycles. The Bertz CT molecular complexity index is 603. The molecular formula is C16H19F2NO2. The van der Waals surface area contributed by atoms with E-state index in [4.69, 9.17) is 9.15 Å². The van der Waals surface area contributed by atoms with E-state index in [0.29, 0.717) is 6.54 Å². The maximum Gasteiger partial charge on any atom is 0.167 e. The summed E-state index contributed by atoms with van der Waals surface area (Å²) in [6.45, 7) is 6.89. The van der Waals surface area contributed by atoms with E-state index in [0.717, 1.165) is 23.5 Å². The summed E-state index contributed by atoms with van der Waals surface area (Å²) in [5.41, 5.74) is 0.795. The van der Waals surface area contributed by atoms with Crippen LogP contribution in [0.4, 0.5) is 8.78 Å². The van der Waals surface area contributed by atoms with Gasteiger partial charge in [-0.2, -0.15) is 0 Å². The average Bonchev–Trinajstić information content (AvgIpc) is 2.82. The molecule has 0 spiro atoms. The van der Waals surface area contributed by atoms with Crippen molar-refractivity contribution >= 4 is 0 Å². The number of furan rings is 1. The summed E-state index contributed by atoms with van der Waals surface area (Å²) in [5.74, 6) is -0.578. The summed E-state index contributed by atoms with van der Waals surface area (Å²) in [7, 11) is 0.